The van der Waals surface area contributed by atoms with Crippen LogP contribution in [0.15, 0.2) is 29.3 Å². The molecule has 3 rings (SSSR count). The van der Waals surface area contributed by atoms with Crippen molar-refractivity contribution in [3.8, 4) is 0 Å². The zero-order valence-corrected chi connectivity index (χ0v) is 13.7. The summed E-state index contributed by atoms with van der Waals surface area (Å²) in [6.07, 6.45) is 0.125. The normalized spacial score (nSPS) is 21.0. The van der Waals surface area contributed by atoms with Gasteiger partial charge < -0.3 is 15.0 Å². The van der Waals surface area contributed by atoms with Gasteiger partial charge in [-0.3, -0.25) is 19.9 Å². The van der Waals surface area contributed by atoms with Crippen LogP contribution in [0.25, 0.3) is 0 Å². The van der Waals surface area contributed by atoms with Crippen LogP contribution in [-0.2, 0) is 14.3 Å². The highest BCUT2D eigenvalue weighted by Crippen LogP contribution is 2.14. The maximum Gasteiger partial charge on any atom is 0.232 e. The van der Waals surface area contributed by atoms with Crippen molar-refractivity contribution in [3.63, 3.8) is 0 Å². The first kappa shape index (κ1) is 16.4. The van der Waals surface area contributed by atoms with E-state index in [4.69, 9.17) is 4.74 Å². The minimum absolute atomic E-state index is 0.125. The van der Waals surface area contributed by atoms with Crippen molar-refractivity contribution in [2.75, 3.05) is 38.2 Å². The Morgan fingerprint density at radius 1 is 1.33 bits per heavy atom. The Morgan fingerprint density at radius 2 is 2.04 bits per heavy atom. The molecule has 0 bridgehead atoms. The number of carbonyl (C=O) groups is 2. The van der Waals surface area contributed by atoms with Crippen LogP contribution in [0.2, 0.25) is 0 Å². The van der Waals surface area contributed by atoms with Crippen LogP contribution in [0.3, 0.4) is 0 Å². The minimum Gasteiger partial charge on any atom is -0.378 e. The number of anilines is 1. The summed E-state index contributed by atoms with van der Waals surface area (Å²) in [6.45, 7) is 5.03. The number of hydrogen-bond acceptors (Lipinski definition) is 5. The Balaban J connectivity index is 1.54. The molecule has 1 aromatic carbocycles. The minimum atomic E-state index is -0.430. The molecule has 2 aliphatic heterocycles. The molecule has 128 valence electrons. The summed E-state index contributed by atoms with van der Waals surface area (Å²) in [6, 6.07) is 7.56. The SMILES string of the molecule is Cc1ccc(NC(=O)CC2CN=C(N3CCOCC3)NC2=O)cc1. The van der Waals surface area contributed by atoms with Gasteiger partial charge in [-0.2, -0.15) is 0 Å². The van der Waals surface area contributed by atoms with Crippen molar-refractivity contribution in [3.05, 3.63) is 29.8 Å². The van der Waals surface area contributed by atoms with E-state index < -0.39 is 5.92 Å². The Hall–Kier alpha value is -2.41. The van der Waals surface area contributed by atoms with Crippen LogP contribution in [0.1, 0.15) is 12.0 Å². The predicted molar refractivity (Wildman–Crippen MR) is 90.8 cm³/mol. The van der Waals surface area contributed by atoms with E-state index in [2.05, 4.69) is 15.6 Å². The Bertz CT molecular complexity index is 636. The Kier molecular flexibility index (Phi) is 5.10. The summed E-state index contributed by atoms with van der Waals surface area (Å²) in [5.41, 5.74) is 1.86. The van der Waals surface area contributed by atoms with Crippen molar-refractivity contribution in [1.29, 1.82) is 0 Å². The molecule has 0 aromatic heterocycles. The fourth-order valence-electron chi connectivity index (χ4n) is 2.72. The van der Waals surface area contributed by atoms with Crippen molar-refractivity contribution in [1.82, 2.24) is 10.2 Å². The number of ether oxygens (including phenoxy) is 1. The number of nitrogens with zero attached hydrogens (tertiary/aromatic N) is 2. The zero-order chi connectivity index (χ0) is 16.9. The molecular weight excluding hydrogens is 308 g/mol. The number of hydrogen-bond donors (Lipinski definition) is 2. The zero-order valence-electron chi connectivity index (χ0n) is 13.7. The molecular formula is C17H22N4O3. The van der Waals surface area contributed by atoms with Gasteiger partial charge in [0, 0.05) is 25.2 Å². The van der Waals surface area contributed by atoms with Crippen LogP contribution in [0.5, 0.6) is 0 Å². The van der Waals surface area contributed by atoms with Crippen LogP contribution < -0.4 is 10.6 Å². The smallest absolute Gasteiger partial charge is 0.232 e. The number of carbonyl (C=O) groups excluding carboxylic acids is 2. The number of amides is 2. The van der Waals surface area contributed by atoms with E-state index in [1.807, 2.05) is 36.1 Å². The van der Waals surface area contributed by atoms with Gasteiger partial charge in [0.25, 0.3) is 0 Å². The molecule has 0 radical (unpaired) electrons. The van der Waals surface area contributed by atoms with Gasteiger partial charge in [-0.05, 0) is 19.1 Å². The highest BCUT2D eigenvalue weighted by molar-refractivity contribution is 6.02. The third kappa shape index (κ3) is 4.11. The highest BCUT2D eigenvalue weighted by Gasteiger charge is 2.29. The number of guanidine groups is 1. The largest absolute Gasteiger partial charge is 0.378 e. The van der Waals surface area contributed by atoms with Gasteiger partial charge in [0.1, 0.15) is 0 Å². The number of aliphatic imine (C=N–C) groups is 1. The lowest BCUT2D eigenvalue weighted by molar-refractivity contribution is -0.127. The number of benzene rings is 1. The van der Waals surface area contributed by atoms with Gasteiger partial charge >= 0.3 is 0 Å². The quantitative estimate of drug-likeness (QED) is 0.857. The number of rotatable bonds is 3. The maximum atomic E-state index is 12.3. The van der Waals surface area contributed by atoms with E-state index >= 15 is 0 Å². The third-order valence-electron chi connectivity index (χ3n) is 4.14. The molecule has 1 aromatic rings. The fourth-order valence-corrected chi connectivity index (χ4v) is 2.72. The predicted octanol–water partition coefficient (Wildman–Crippen LogP) is 0.758. The molecule has 24 heavy (non-hydrogen) atoms. The van der Waals surface area contributed by atoms with Crippen molar-refractivity contribution in [2.24, 2.45) is 10.9 Å². The molecule has 1 atom stereocenters. The average molecular weight is 330 g/mol. The second kappa shape index (κ2) is 7.44. The summed E-state index contributed by atoms with van der Waals surface area (Å²) >= 11 is 0. The van der Waals surface area contributed by atoms with E-state index in [-0.39, 0.29) is 18.2 Å². The second-order valence-corrected chi connectivity index (χ2v) is 6.07. The molecule has 1 unspecified atom stereocenters. The van der Waals surface area contributed by atoms with Crippen LogP contribution in [0, 0.1) is 12.8 Å². The summed E-state index contributed by atoms with van der Waals surface area (Å²) < 4.78 is 5.29. The number of nitrogens with one attached hydrogen (secondary N) is 2. The monoisotopic (exact) mass is 330 g/mol. The van der Waals surface area contributed by atoms with E-state index in [1.165, 1.54) is 0 Å². The van der Waals surface area contributed by atoms with Crippen LogP contribution in [-0.4, -0.2) is 55.5 Å². The van der Waals surface area contributed by atoms with Gasteiger partial charge in [-0.1, -0.05) is 17.7 Å². The lowest BCUT2D eigenvalue weighted by Crippen LogP contribution is -2.53. The molecule has 0 aliphatic carbocycles. The van der Waals surface area contributed by atoms with Crippen molar-refractivity contribution < 1.29 is 14.3 Å². The summed E-state index contributed by atoms with van der Waals surface area (Å²) in [4.78, 5) is 30.8. The van der Waals surface area contributed by atoms with Gasteiger partial charge in [0.15, 0.2) is 0 Å². The Labute approximate surface area is 141 Å². The van der Waals surface area contributed by atoms with Gasteiger partial charge in [0.05, 0.1) is 25.7 Å². The van der Waals surface area contributed by atoms with Crippen molar-refractivity contribution >= 4 is 23.5 Å². The molecule has 2 heterocycles. The molecule has 7 nitrogen and oxygen atoms in total. The topological polar surface area (TPSA) is 83.0 Å². The molecule has 2 amide bonds. The molecule has 0 saturated carbocycles. The number of aryl methyl sites for hydroxylation is 1. The van der Waals surface area contributed by atoms with Crippen LogP contribution in [0.4, 0.5) is 5.69 Å². The van der Waals surface area contributed by atoms with Gasteiger partial charge in [-0.25, -0.2) is 0 Å². The first-order valence-corrected chi connectivity index (χ1v) is 8.16. The molecule has 2 N–H and O–H groups in total. The average Bonchev–Trinajstić information content (AvgIpc) is 2.59. The fraction of sp³-hybridized carbons (Fsp3) is 0.471. The first-order chi connectivity index (χ1) is 11.6. The lowest BCUT2D eigenvalue weighted by atomic mass is 10.0. The lowest BCUT2D eigenvalue weighted by Gasteiger charge is -2.32. The summed E-state index contributed by atoms with van der Waals surface area (Å²) in [5.74, 6) is -0.159. The van der Waals surface area contributed by atoms with Crippen LogP contribution >= 0.6 is 0 Å². The Morgan fingerprint density at radius 3 is 2.71 bits per heavy atom. The summed E-state index contributed by atoms with van der Waals surface area (Å²) in [5, 5.41) is 5.63. The van der Waals surface area contributed by atoms with Gasteiger partial charge in [-0.15, -0.1) is 0 Å². The number of morpholine rings is 1. The molecule has 0 spiro atoms. The maximum absolute atomic E-state index is 12.3. The molecule has 2 aliphatic rings. The third-order valence-corrected chi connectivity index (χ3v) is 4.14. The molecule has 1 saturated heterocycles. The summed E-state index contributed by atoms with van der Waals surface area (Å²) in [7, 11) is 0. The van der Waals surface area contributed by atoms with Gasteiger partial charge in [0.2, 0.25) is 17.8 Å². The van der Waals surface area contributed by atoms with E-state index in [0.717, 1.165) is 24.3 Å². The molecule has 7 heteroatoms. The van der Waals surface area contributed by atoms with E-state index in [1.54, 1.807) is 0 Å². The first-order valence-electron chi connectivity index (χ1n) is 8.16. The standard InChI is InChI=1S/C17H22N4O3/c1-12-2-4-14(5-3-12)19-15(22)10-13-11-18-17(20-16(13)23)21-6-8-24-9-7-21/h2-5,13H,6-11H2,1H3,(H,19,22)(H,18,20,23). The van der Waals surface area contributed by atoms with Crippen molar-refractivity contribution in [2.45, 2.75) is 13.3 Å². The van der Waals surface area contributed by atoms with E-state index in [9.17, 15) is 9.59 Å². The second-order valence-electron chi connectivity index (χ2n) is 6.07. The highest BCUT2D eigenvalue weighted by atomic mass is 16.5. The van der Waals surface area contributed by atoms with E-state index in [0.29, 0.717) is 25.7 Å². The molecule has 1 fully saturated rings.